The van der Waals surface area contributed by atoms with E-state index in [9.17, 15) is 19.4 Å². The first-order valence-electron chi connectivity index (χ1n) is 11.2. The highest BCUT2D eigenvalue weighted by Gasteiger charge is 2.27. The predicted molar refractivity (Wildman–Crippen MR) is 136 cm³/mol. The molecule has 4 aromatic rings. The lowest BCUT2D eigenvalue weighted by atomic mass is 10.0. The van der Waals surface area contributed by atoms with Crippen molar-refractivity contribution in [2.75, 3.05) is 11.9 Å². The molecule has 0 spiro atoms. The lowest BCUT2D eigenvalue weighted by molar-refractivity contribution is -0.00177. The molecule has 4 heterocycles. The molecule has 4 N–H and O–H groups in total. The van der Waals surface area contributed by atoms with Gasteiger partial charge in [-0.05, 0) is 33.8 Å². The second-order valence-corrected chi connectivity index (χ2v) is 10.5. The van der Waals surface area contributed by atoms with E-state index in [2.05, 4.69) is 30.7 Å². The van der Waals surface area contributed by atoms with Crippen molar-refractivity contribution in [1.82, 2.24) is 30.0 Å². The van der Waals surface area contributed by atoms with Gasteiger partial charge in [0.25, 0.3) is 5.91 Å². The van der Waals surface area contributed by atoms with E-state index in [4.69, 9.17) is 5.26 Å². The summed E-state index contributed by atoms with van der Waals surface area (Å²) in [5.41, 5.74) is -1.48. The average molecular weight is 525 g/mol. The number of rotatable bonds is 8. The Bertz CT molecular complexity index is 1500. The molecule has 192 valence electrons. The highest BCUT2D eigenvalue weighted by Crippen LogP contribution is 2.32. The minimum absolute atomic E-state index is 0.0999. The van der Waals surface area contributed by atoms with Crippen LogP contribution in [0.15, 0.2) is 36.9 Å². The van der Waals surface area contributed by atoms with Crippen molar-refractivity contribution < 1.29 is 19.4 Å². The summed E-state index contributed by atoms with van der Waals surface area (Å²) in [6, 6.07) is 5.24. The Morgan fingerprint density at radius 1 is 1.16 bits per heavy atom. The van der Waals surface area contributed by atoms with E-state index in [1.807, 2.05) is 6.07 Å². The van der Waals surface area contributed by atoms with Gasteiger partial charge in [0.1, 0.15) is 12.2 Å². The first-order chi connectivity index (χ1) is 17.4. The lowest BCUT2D eigenvalue weighted by Gasteiger charge is -2.22. The second-order valence-electron chi connectivity index (χ2n) is 9.44. The first kappa shape index (κ1) is 26.1. The van der Waals surface area contributed by atoms with Crippen LogP contribution in [0.3, 0.4) is 0 Å². The summed E-state index contributed by atoms with van der Waals surface area (Å²) in [6.07, 6.45) is 4.13. The Morgan fingerprint density at radius 3 is 2.57 bits per heavy atom. The quantitative estimate of drug-likeness (QED) is 0.271. The number of carbonyl (C=O) groups excluding carboxylic acids is 1. The van der Waals surface area contributed by atoms with Gasteiger partial charge in [0, 0.05) is 30.0 Å². The fourth-order valence-corrected chi connectivity index (χ4v) is 4.08. The zero-order valence-electron chi connectivity index (χ0n) is 20.5. The number of fused-ring (bicyclic) bond motifs is 1. The topological polar surface area (TPSA) is 162 Å². The molecule has 0 aromatic carbocycles. The molecule has 4 aromatic heterocycles. The number of hydrogen-bond donors (Lipinski definition) is 4. The zero-order chi connectivity index (χ0) is 27.0. The number of amides is 1. The number of aromatic nitrogens is 5. The Morgan fingerprint density at radius 2 is 1.92 bits per heavy atom. The molecule has 0 aliphatic rings. The molecule has 0 fully saturated rings. The summed E-state index contributed by atoms with van der Waals surface area (Å²) < 4.78 is 15.7. The number of nitriles is 1. The van der Waals surface area contributed by atoms with Crippen molar-refractivity contribution in [3.63, 3.8) is 0 Å². The SMILES string of the molecule is CC(C)(O)c1cnc(Nc2cc(-n3ncc4cc(C#N)cnc43)ncc2C(=O)NCC(F)C(C)(C)O)s1. The van der Waals surface area contributed by atoms with Crippen molar-refractivity contribution in [3.05, 3.63) is 52.9 Å². The van der Waals surface area contributed by atoms with Gasteiger partial charge in [0.2, 0.25) is 0 Å². The van der Waals surface area contributed by atoms with Crippen LogP contribution in [0.2, 0.25) is 0 Å². The van der Waals surface area contributed by atoms with Crippen LogP contribution >= 0.6 is 11.3 Å². The summed E-state index contributed by atoms with van der Waals surface area (Å²) in [7, 11) is 0. The minimum atomic E-state index is -1.69. The largest absolute Gasteiger partial charge is 0.387 e. The van der Waals surface area contributed by atoms with Crippen LogP contribution in [0, 0.1) is 11.3 Å². The number of halogens is 1. The Kier molecular flexibility index (Phi) is 6.92. The van der Waals surface area contributed by atoms with E-state index in [1.165, 1.54) is 48.5 Å². The van der Waals surface area contributed by atoms with Crippen LogP contribution in [0.25, 0.3) is 16.9 Å². The standard InChI is InChI=1S/C24H25FN8O3S/c1-23(2,35)17(25)11-29-21(34)15-10-27-19(33-20-14(9-31-33)5-13(7-26)8-28-20)6-16(15)32-22-30-12-18(37-22)24(3,4)36/h5-6,8-10,12,17,35-36H,11H2,1-4H3,(H,29,34)(H,27,30,32). The maximum Gasteiger partial charge on any atom is 0.255 e. The van der Waals surface area contributed by atoms with Gasteiger partial charge in [-0.25, -0.2) is 19.3 Å². The smallest absolute Gasteiger partial charge is 0.255 e. The van der Waals surface area contributed by atoms with Gasteiger partial charge in [-0.3, -0.25) is 4.79 Å². The number of nitrogens with one attached hydrogen (secondary N) is 2. The van der Waals surface area contributed by atoms with Crippen LogP contribution in [-0.2, 0) is 5.60 Å². The highest BCUT2D eigenvalue weighted by atomic mass is 32.1. The summed E-state index contributed by atoms with van der Waals surface area (Å²) in [6.45, 7) is 5.50. The van der Waals surface area contributed by atoms with E-state index < -0.39 is 29.8 Å². The molecule has 13 heteroatoms. The van der Waals surface area contributed by atoms with Crippen molar-refractivity contribution in [2.24, 2.45) is 0 Å². The predicted octanol–water partition coefficient (Wildman–Crippen LogP) is 2.95. The van der Waals surface area contributed by atoms with Gasteiger partial charge in [-0.2, -0.15) is 15.0 Å². The third-order valence-electron chi connectivity index (χ3n) is 5.45. The fraction of sp³-hybridized carbons (Fsp3) is 0.333. The number of hydrogen-bond acceptors (Lipinski definition) is 10. The molecule has 37 heavy (non-hydrogen) atoms. The van der Waals surface area contributed by atoms with Crippen molar-refractivity contribution in [1.29, 1.82) is 5.26 Å². The van der Waals surface area contributed by atoms with Crippen LogP contribution in [0.5, 0.6) is 0 Å². The first-order valence-corrected chi connectivity index (χ1v) is 12.0. The molecule has 1 unspecified atom stereocenters. The number of anilines is 2. The van der Waals surface area contributed by atoms with Crippen LogP contribution in [0.1, 0.15) is 48.5 Å². The molecule has 0 aliphatic carbocycles. The van der Waals surface area contributed by atoms with E-state index >= 15 is 0 Å². The minimum Gasteiger partial charge on any atom is -0.387 e. The fourth-order valence-electron chi connectivity index (χ4n) is 3.25. The molecule has 4 rings (SSSR count). The summed E-state index contributed by atoms with van der Waals surface area (Å²) >= 11 is 1.20. The Hall–Kier alpha value is -3.99. The van der Waals surface area contributed by atoms with Crippen molar-refractivity contribution >= 4 is 39.1 Å². The number of nitrogens with zero attached hydrogens (tertiary/aromatic N) is 6. The number of pyridine rings is 2. The van der Waals surface area contributed by atoms with Crippen LogP contribution < -0.4 is 10.6 Å². The van der Waals surface area contributed by atoms with Gasteiger partial charge in [0.05, 0.1) is 45.6 Å². The van der Waals surface area contributed by atoms with Crippen molar-refractivity contribution in [2.45, 2.75) is 45.1 Å². The molecule has 0 saturated carbocycles. The normalized spacial score (nSPS) is 12.8. The summed E-state index contributed by atoms with van der Waals surface area (Å²) in [5.74, 6) is -0.291. The molecule has 1 atom stereocenters. The van der Waals surface area contributed by atoms with Gasteiger partial charge in [0.15, 0.2) is 16.6 Å². The lowest BCUT2D eigenvalue weighted by Crippen LogP contribution is -2.42. The highest BCUT2D eigenvalue weighted by molar-refractivity contribution is 7.15. The molecule has 0 saturated heterocycles. The summed E-state index contributed by atoms with van der Waals surface area (Å²) in [4.78, 5) is 26.5. The van der Waals surface area contributed by atoms with Gasteiger partial charge >= 0.3 is 0 Å². The van der Waals surface area contributed by atoms with Gasteiger partial charge < -0.3 is 20.8 Å². The Labute approximate surface area is 215 Å². The number of alkyl halides is 1. The number of carbonyl (C=O) groups is 1. The number of thiazole rings is 1. The van der Waals surface area contributed by atoms with Gasteiger partial charge in [-0.1, -0.05) is 11.3 Å². The van der Waals surface area contributed by atoms with E-state index in [1.54, 1.807) is 32.2 Å². The molecule has 0 aliphatic heterocycles. The average Bonchev–Trinajstić information content (AvgIpc) is 3.48. The van der Waals surface area contributed by atoms with E-state index in [-0.39, 0.29) is 5.56 Å². The maximum atomic E-state index is 14.2. The maximum absolute atomic E-state index is 14.2. The third-order valence-corrected chi connectivity index (χ3v) is 6.67. The van der Waals surface area contributed by atoms with Crippen LogP contribution in [-0.4, -0.2) is 59.2 Å². The monoisotopic (exact) mass is 524 g/mol. The van der Waals surface area contributed by atoms with E-state index in [0.717, 1.165) is 0 Å². The molecule has 1 amide bonds. The molecule has 11 nitrogen and oxygen atoms in total. The molecule has 0 radical (unpaired) electrons. The molecular formula is C24H25FN8O3S. The van der Waals surface area contributed by atoms with E-state index in [0.29, 0.717) is 38.1 Å². The summed E-state index contributed by atoms with van der Waals surface area (Å²) in [5, 5.41) is 40.2. The second kappa shape index (κ2) is 9.81. The number of aliphatic hydroxyl groups is 2. The molecular weight excluding hydrogens is 499 g/mol. The Balaban J connectivity index is 1.71. The van der Waals surface area contributed by atoms with Gasteiger partial charge in [-0.15, -0.1) is 0 Å². The third kappa shape index (κ3) is 5.72. The molecule has 0 bridgehead atoms. The van der Waals surface area contributed by atoms with Crippen molar-refractivity contribution in [3.8, 4) is 11.9 Å². The van der Waals surface area contributed by atoms with Crippen LogP contribution in [0.4, 0.5) is 15.2 Å². The zero-order valence-corrected chi connectivity index (χ0v) is 21.3.